The predicted octanol–water partition coefficient (Wildman–Crippen LogP) is 1.24. The predicted molar refractivity (Wildman–Crippen MR) is 100.0 cm³/mol. The maximum atomic E-state index is 4.65. The van der Waals surface area contributed by atoms with Gasteiger partial charge < -0.3 is 4.90 Å². The Kier molecular flexibility index (Phi) is 5.17. The van der Waals surface area contributed by atoms with Crippen LogP contribution in [0.5, 0.6) is 0 Å². The number of hydrogen-bond donors (Lipinski definition) is 0. The minimum absolute atomic E-state index is 0.852. The summed E-state index contributed by atoms with van der Waals surface area (Å²) in [6.07, 6.45) is 5.39. The number of thioether (sulfide) groups is 1. The molecule has 0 spiro atoms. The molecule has 1 saturated heterocycles. The molecule has 0 saturated carbocycles. The molecule has 25 heavy (non-hydrogen) atoms. The number of anilines is 1. The van der Waals surface area contributed by atoms with Gasteiger partial charge in [-0.3, -0.25) is 4.90 Å². The first kappa shape index (κ1) is 16.8. The lowest BCUT2D eigenvalue weighted by atomic mass is 10.1. The van der Waals surface area contributed by atoms with Gasteiger partial charge in [-0.05, 0) is 13.3 Å². The highest BCUT2D eigenvalue weighted by atomic mass is 32.2. The molecule has 2 aliphatic heterocycles. The van der Waals surface area contributed by atoms with Crippen molar-refractivity contribution in [3.05, 3.63) is 29.7 Å². The summed E-state index contributed by atoms with van der Waals surface area (Å²) in [6.45, 7) is 8.05. The Labute approximate surface area is 152 Å². The SMILES string of the molecule is CCn1ncnc1CN1CCc2ncnc(N3CCSCC3)c2CC1. The lowest BCUT2D eigenvalue weighted by Gasteiger charge is -2.29. The van der Waals surface area contributed by atoms with E-state index in [2.05, 4.69) is 36.8 Å². The van der Waals surface area contributed by atoms with Gasteiger partial charge in [-0.2, -0.15) is 16.9 Å². The van der Waals surface area contributed by atoms with Crippen LogP contribution in [0, 0.1) is 0 Å². The van der Waals surface area contributed by atoms with E-state index < -0.39 is 0 Å². The third-order valence-electron chi connectivity index (χ3n) is 5.03. The quantitative estimate of drug-likeness (QED) is 0.814. The van der Waals surface area contributed by atoms with Crippen molar-refractivity contribution in [2.45, 2.75) is 32.9 Å². The van der Waals surface area contributed by atoms with Crippen LogP contribution in [-0.2, 0) is 25.9 Å². The average Bonchev–Trinajstić information content (AvgIpc) is 3.01. The number of nitrogens with zero attached hydrogens (tertiary/aromatic N) is 7. The summed E-state index contributed by atoms with van der Waals surface area (Å²) in [4.78, 5) is 18.6. The van der Waals surface area contributed by atoms with Gasteiger partial charge in [0.25, 0.3) is 0 Å². The molecule has 4 rings (SSSR count). The number of fused-ring (bicyclic) bond motifs is 1. The van der Waals surface area contributed by atoms with Crippen LogP contribution in [0.1, 0.15) is 24.0 Å². The Hall–Kier alpha value is -1.67. The van der Waals surface area contributed by atoms with E-state index >= 15 is 0 Å². The molecule has 0 aromatic carbocycles. The van der Waals surface area contributed by atoms with Crippen molar-refractivity contribution >= 4 is 17.6 Å². The molecule has 0 bridgehead atoms. The second-order valence-corrected chi connectivity index (χ2v) is 7.71. The highest BCUT2D eigenvalue weighted by molar-refractivity contribution is 7.99. The maximum absolute atomic E-state index is 4.65. The Morgan fingerprint density at radius 1 is 1.00 bits per heavy atom. The fraction of sp³-hybridized carbons (Fsp3) is 0.647. The first-order valence-electron chi connectivity index (χ1n) is 9.09. The maximum Gasteiger partial charge on any atom is 0.140 e. The van der Waals surface area contributed by atoms with Crippen molar-refractivity contribution < 1.29 is 0 Å². The average molecular weight is 360 g/mol. The molecule has 0 radical (unpaired) electrons. The second-order valence-electron chi connectivity index (χ2n) is 6.49. The number of rotatable bonds is 4. The third-order valence-corrected chi connectivity index (χ3v) is 5.97. The van der Waals surface area contributed by atoms with Gasteiger partial charge in [0.15, 0.2) is 0 Å². The molecule has 0 unspecified atom stereocenters. The van der Waals surface area contributed by atoms with E-state index in [1.807, 2.05) is 16.4 Å². The van der Waals surface area contributed by atoms with Gasteiger partial charge in [0.05, 0.1) is 12.2 Å². The molecule has 4 heterocycles. The van der Waals surface area contributed by atoms with E-state index in [1.54, 1.807) is 12.7 Å². The minimum Gasteiger partial charge on any atom is -0.355 e. The van der Waals surface area contributed by atoms with Gasteiger partial charge in [0.2, 0.25) is 0 Å². The van der Waals surface area contributed by atoms with Crippen LogP contribution in [0.25, 0.3) is 0 Å². The molecule has 134 valence electrons. The van der Waals surface area contributed by atoms with Crippen LogP contribution >= 0.6 is 11.8 Å². The monoisotopic (exact) mass is 359 g/mol. The van der Waals surface area contributed by atoms with E-state index in [-0.39, 0.29) is 0 Å². The van der Waals surface area contributed by atoms with Crippen LogP contribution in [0.2, 0.25) is 0 Å². The largest absolute Gasteiger partial charge is 0.355 e. The Balaban J connectivity index is 1.50. The second kappa shape index (κ2) is 7.70. The Bertz CT molecular complexity index is 711. The van der Waals surface area contributed by atoms with E-state index in [0.717, 1.165) is 57.9 Å². The Morgan fingerprint density at radius 2 is 1.84 bits per heavy atom. The number of hydrogen-bond acceptors (Lipinski definition) is 7. The summed E-state index contributed by atoms with van der Waals surface area (Å²) in [5, 5.41) is 4.29. The zero-order chi connectivity index (χ0) is 17.1. The standard InChI is InChI=1S/C17H25N7S/c1-2-24-16(19-13-21-24)11-22-5-3-14-15(4-6-22)18-12-20-17(14)23-7-9-25-10-8-23/h12-13H,2-11H2,1H3. The molecule has 8 heteroatoms. The molecule has 2 aromatic rings. The van der Waals surface area contributed by atoms with E-state index in [9.17, 15) is 0 Å². The van der Waals surface area contributed by atoms with Crippen LogP contribution in [0.3, 0.4) is 0 Å². The van der Waals surface area contributed by atoms with E-state index in [4.69, 9.17) is 0 Å². The first-order valence-corrected chi connectivity index (χ1v) is 10.2. The van der Waals surface area contributed by atoms with E-state index in [0.29, 0.717) is 0 Å². The topological polar surface area (TPSA) is 63.0 Å². The first-order chi connectivity index (χ1) is 12.3. The molecule has 2 aliphatic rings. The zero-order valence-corrected chi connectivity index (χ0v) is 15.6. The highest BCUT2D eigenvalue weighted by Crippen LogP contribution is 2.26. The van der Waals surface area contributed by atoms with Crippen molar-refractivity contribution in [2.75, 3.05) is 42.6 Å². The van der Waals surface area contributed by atoms with Crippen LogP contribution in [-0.4, -0.2) is 67.3 Å². The number of aryl methyl sites for hydroxylation is 1. The molecule has 0 aliphatic carbocycles. The zero-order valence-electron chi connectivity index (χ0n) is 14.8. The lowest BCUT2D eigenvalue weighted by Crippen LogP contribution is -2.34. The van der Waals surface area contributed by atoms with Gasteiger partial charge in [-0.1, -0.05) is 0 Å². The van der Waals surface area contributed by atoms with Crippen molar-refractivity contribution in [1.29, 1.82) is 0 Å². The Morgan fingerprint density at radius 3 is 2.68 bits per heavy atom. The fourth-order valence-corrected chi connectivity index (χ4v) is 4.54. The fourth-order valence-electron chi connectivity index (χ4n) is 3.64. The van der Waals surface area contributed by atoms with Crippen molar-refractivity contribution in [1.82, 2.24) is 29.6 Å². The molecule has 2 aromatic heterocycles. The molecule has 0 N–H and O–H groups in total. The summed E-state index contributed by atoms with van der Waals surface area (Å²) in [6, 6.07) is 0. The smallest absolute Gasteiger partial charge is 0.140 e. The summed E-state index contributed by atoms with van der Waals surface area (Å²) < 4.78 is 1.98. The molecular formula is C17H25N7S. The molecular weight excluding hydrogens is 334 g/mol. The van der Waals surface area contributed by atoms with Crippen LogP contribution < -0.4 is 4.90 Å². The van der Waals surface area contributed by atoms with Gasteiger partial charge >= 0.3 is 0 Å². The lowest BCUT2D eigenvalue weighted by molar-refractivity contribution is 0.266. The highest BCUT2D eigenvalue weighted by Gasteiger charge is 2.23. The number of aromatic nitrogens is 5. The van der Waals surface area contributed by atoms with E-state index in [1.165, 1.54) is 28.6 Å². The van der Waals surface area contributed by atoms with Crippen molar-refractivity contribution in [3.8, 4) is 0 Å². The summed E-state index contributed by atoms with van der Waals surface area (Å²) >= 11 is 2.03. The van der Waals surface area contributed by atoms with Gasteiger partial charge in [-0.25, -0.2) is 19.6 Å². The van der Waals surface area contributed by atoms with Gasteiger partial charge in [0.1, 0.15) is 24.3 Å². The van der Waals surface area contributed by atoms with Crippen LogP contribution in [0.15, 0.2) is 12.7 Å². The third kappa shape index (κ3) is 3.64. The summed E-state index contributed by atoms with van der Waals surface area (Å²) in [5.74, 6) is 4.60. The summed E-state index contributed by atoms with van der Waals surface area (Å²) in [7, 11) is 0. The van der Waals surface area contributed by atoms with Crippen molar-refractivity contribution in [3.63, 3.8) is 0 Å². The molecule has 7 nitrogen and oxygen atoms in total. The minimum atomic E-state index is 0.852. The van der Waals surface area contributed by atoms with Gasteiger partial charge in [0, 0.05) is 56.2 Å². The normalized spacial score (nSPS) is 18.8. The summed E-state index contributed by atoms with van der Waals surface area (Å²) in [5.41, 5.74) is 2.58. The van der Waals surface area contributed by atoms with Gasteiger partial charge in [-0.15, -0.1) is 0 Å². The molecule has 0 amide bonds. The molecule has 0 atom stereocenters. The molecule has 1 fully saturated rings. The van der Waals surface area contributed by atoms with Crippen molar-refractivity contribution in [2.24, 2.45) is 0 Å². The van der Waals surface area contributed by atoms with Crippen LogP contribution in [0.4, 0.5) is 5.82 Å².